The molecule has 1 aliphatic heterocycles. The molecule has 32 heavy (non-hydrogen) atoms. The first-order valence-corrected chi connectivity index (χ1v) is 11.8. The van der Waals surface area contributed by atoms with E-state index in [9.17, 15) is 22.4 Å². The number of hydrogen-bond acceptors (Lipinski definition) is 5. The third-order valence-electron chi connectivity index (χ3n) is 5.52. The molecule has 0 spiro atoms. The Hall–Kier alpha value is -2.98. The number of ether oxygens (including phenoxy) is 1. The molecule has 1 N–H and O–H groups in total. The Morgan fingerprint density at radius 3 is 2.28 bits per heavy atom. The molecular weight excluding hydrogens is 437 g/mol. The Morgan fingerprint density at radius 2 is 1.72 bits per heavy atom. The molecule has 1 atom stereocenters. The van der Waals surface area contributed by atoms with Crippen LogP contribution in [0, 0.1) is 5.82 Å². The summed E-state index contributed by atoms with van der Waals surface area (Å²) in [5.41, 5.74) is -0.00469. The number of halogens is 1. The molecule has 1 fully saturated rings. The molecule has 0 radical (unpaired) electrons. The van der Waals surface area contributed by atoms with Gasteiger partial charge in [-0.15, -0.1) is 0 Å². The molecule has 0 aromatic heterocycles. The maximum atomic E-state index is 13.3. The lowest BCUT2D eigenvalue weighted by molar-refractivity contribution is -0.153. The van der Waals surface area contributed by atoms with E-state index in [0.29, 0.717) is 11.3 Å². The van der Waals surface area contributed by atoms with Gasteiger partial charge in [0.1, 0.15) is 17.1 Å². The molecule has 2 aromatic carbocycles. The topological polar surface area (TPSA) is 96.0 Å². The van der Waals surface area contributed by atoms with Gasteiger partial charge in [-0.25, -0.2) is 12.8 Å². The van der Waals surface area contributed by atoms with Crippen molar-refractivity contribution in [2.45, 2.75) is 25.6 Å². The SMILES string of the molecule is COc1ccc(CN2C(=O)CN(S(C)(=O)=O)CC2(C)C(=O)NCc2ccc(F)cc2)cc1. The predicted octanol–water partition coefficient (Wildman–Crippen LogP) is 1.51. The van der Waals surface area contributed by atoms with Gasteiger partial charge in [-0.2, -0.15) is 4.31 Å². The van der Waals surface area contributed by atoms with Crippen LogP contribution in [0.4, 0.5) is 4.39 Å². The molecule has 10 heteroatoms. The zero-order valence-corrected chi connectivity index (χ0v) is 19.0. The van der Waals surface area contributed by atoms with E-state index >= 15 is 0 Å². The normalized spacial score (nSPS) is 19.6. The lowest BCUT2D eigenvalue weighted by Gasteiger charge is -2.46. The van der Waals surface area contributed by atoms with Gasteiger partial charge in [0.05, 0.1) is 19.9 Å². The molecule has 0 aliphatic carbocycles. The Labute approximate surface area is 187 Å². The third-order valence-corrected chi connectivity index (χ3v) is 6.71. The van der Waals surface area contributed by atoms with Crippen LogP contribution in [0.2, 0.25) is 0 Å². The number of carbonyl (C=O) groups excluding carboxylic acids is 2. The molecule has 1 heterocycles. The van der Waals surface area contributed by atoms with Crippen LogP contribution in [0.25, 0.3) is 0 Å². The number of nitrogens with one attached hydrogen (secondary N) is 1. The number of benzene rings is 2. The van der Waals surface area contributed by atoms with Crippen LogP contribution in [0.3, 0.4) is 0 Å². The molecule has 172 valence electrons. The van der Waals surface area contributed by atoms with E-state index < -0.39 is 27.4 Å². The smallest absolute Gasteiger partial charge is 0.247 e. The highest BCUT2D eigenvalue weighted by Gasteiger charge is 2.49. The minimum atomic E-state index is -3.69. The Bertz CT molecular complexity index is 1090. The summed E-state index contributed by atoms with van der Waals surface area (Å²) in [7, 11) is -2.15. The molecule has 2 aromatic rings. The first kappa shape index (κ1) is 23.7. The van der Waals surface area contributed by atoms with E-state index in [1.54, 1.807) is 50.4 Å². The van der Waals surface area contributed by atoms with Gasteiger partial charge in [0, 0.05) is 19.6 Å². The number of nitrogens with zero attached hydrogens (tertiary/aromatic N) is 2. The van der Waals surface area contributed by atoms with Crippen molar-refractivity contribution in [2.24, 2.45) is 0 Å². The summed E-state index contributed by atoms with van der Waals surface area (Å²) < 4.78 is 43.6. The van der Waals surface area contributed by atoms with Crippen molar-refractivity contribution < 1.29 is 27.1 Å². The molecule has 2 amide bonds. The van der Waals surface area contributed by atoms with E-state index in [0.717, 1.165) is 16.1 Å². The van der Waals surface area contributed by atoms with E-state index in [4.69, 9.17) is 4.74 Å². The molecular formula is C22H26FN3O5S. The van der Waals surface area contributed by atoms with E-state index in [-0.39, 0.29) is 32.0 Å². The summed E-state index contributed by atoms with van der Waals surface area (Å²) >= 11 is 0. The molecule has 0 bridgehead atoms. The van der Waals surface area contributed by atoms with E-state index in [2.05, 4.69) is 5.32 Å². The standard InChI is InChI=1S/C22H26FN3O5S/c1-22(21(28)24-12-16-4-8-18(23)9-5-16)15-25(32(3,29)30)14-20(27)26(22)13-17-6-10-19(31-2)11-7-17/h4-11H,12-15H2,1-3H3,(H,24,28). The van der Waals surface area contributed by atoms with Gasteiger partial charge in [-0.3, -0.25) is 9.59 Å². The summed E-state index contributed by atoms with van der Waals surface area (Å²) in [4.78, 5) is 27.6. The van der Waals surface area contributed by atoms with Crippen molar-refractivity contribution in [3.05, 3.63) is 65.5 Å². The monoisotopic (exact) mass is 463 g/mol. The number of carbonyl (C=O) groups is 2. The highest BCUT2D eigenvalue weighted by Crippen LogP contribution is 2.27. The summed E-state index contributed by atoms with van der Waals surface area (Å²) in [5, 5.41) is 2.76. The molecule has 1 aliphatic rings. The van der Waals surface area contributed by atoms with Crippen LogP contribution in [-0.4, -0.2) is 61.4 Å². The van der Waals surface area contributed by atoms with E-state index in [1.165, 1.54) is 17.0 Å². The minimum absolute atomic E-state index is 0.109. The molecule has 3 rings (SSSR count). The average Bonchev–Trinajstić information content (AvgIpc) is 2.75. The van der Waals surface area contributed by atoms with Gasteiger partial charge in [0.2, 0.25) is 21.8 Å². The van der Waals surface area contributed by atoms with Crippen LogP contribution >= 0.6 is 0 Å². The Balaban J connectivity index is 1.86. The number of sulfonamides is 1. The second-order valence-corrected chi connectivity index (χ2v) is 9.92. The van der Waals surface area contributed by atoms with Crippen molar-refractivity contribution in [1.29, 1.82) is 0 Å². The lowest BCUT2D eigenvalue weighted by atomic mass is 9.94. The predicted molar refractivity (Wildman–Crippen MR) is 117 cm³/mol. The largest absolute Gasteiger partial charge is 0.497 e. The van der Waals surface area contributed by atoms with E-state index in [1.807, 2.05) is 0 Å². The summed E-state index contributed by atoms with van der Waals surface area (Å²) in [6.45, 7) is 1.27. The summed E-state index contributed by atoms with van der Waals surface area (Å²) in [6, 6.07) is 12.7. The number of hydrogen-bond donors (Lipinski definition) is 1. The maximum Gasteiger partial charge on any atom is 0.247 e. The first-order chi connectivity index (χ1) is 15.0. The summed E-state index contributed by atoms with van der Waals surface area (Å²) in [6.07, 6.45) is 1.01. The fraction of sp³-hybridized carbons (Fsp3) is 0.364. The first-order valence-electron chi connectivity index (χ1n) is 9.94. The van der Waals surface area contributed by atoms with Crippen molar-refractivity contribution in [3.63, 3.8) is 0 Å². The second kappa shape index (κ2) is 9.25. The number of amides is 2. The van der Waals surface area contributed by atoms with Gasteiger partial charge < -0.3 is 15.0 Å². The number of methoxy groups -OCH3 is 1. The quantitative estimate of drug-likeness (QED) is 0.672. The lowest BCUT2D eigenvalue weighted by Crippen LogP contribution is -2.69. The van der Waals surface area contributed by atoms with Gasteiger partial charge >= 0.3 is 0 Å². The van der Waals surface area contributed by atoms with Gasteiger partial charge in [-0.1, -0.05) is 24.3 Å². The molecule has 1 unspecified atom stereocenters. The van der Waals surface area contributed by atoms with Crippen LogP contribution in [0.1, 0.15) is 18.1 Å². The Morgan fingerprint density at radius 1 is 1.12 bits per heavy atom. The van der Waals surface area contributed by atoms with Crippen LogP contribution in [0.5, 0.6) is 5.75 Å². The zero-order valence-electron chi connectivity index (χ0n) is 18.2. The number of piperazine rings is 1. The number of rotatable bonds is 7. The van der Waals surface area contributed by atoms with Crippen LogP contribution in [0.15, 0.2) is 48.5 Å². The van der Waals surface area contributed by atoms with Crippen molar-refractivity contribution in [3.8, 4) is 5.75 Å². The fourth-order valence-electron chi connectivity index (χ4n) is 3.58. The fourth-order valence-corrected chi connectivity index (χ4v) is 4.41. The second-order valence-electron chi connectivity index (χ2n) is 7.94. The molecule has 8 nitrogen and oxygen atoms in total. The van der Waals surface area contributed by atoms with Gasteiger partial charge in [0.25, 0.3) is 0 Å². The van der Waals surface area contributed by atoms with Crippen molar-refractivity contribution >= 4 is 21.8 Å². The van der Waals surface area contributed by atoms with Crippen LogP contribution < -0.4 is 10.1 Å². The highest BCUT2D eigenvalue weighted by molar-refractivity contribution is 7.88. The van der Waals surface area contributed by atoms with Crippen molar-refractivity contribution in [1.82, 2.24) is 14.5 Å². The average molecular weight is 464 g/mol. The minimum Gasteiger partial charge on any atom is -0.497 e. The van der Waals surface area contributed by atoms with Gasteiger partial charge in [-0.05, 0) is 42.3 Å². The third kappa shape index (κ3) is 5.25. The Kier molecular flexibility index (Phi) is 6.85. The van der Waals surface area contributed by atoms with Crippen molar-refractivity contribution in [2.75, 3.05) is 26.5 Å². The zero-order chi connectivity index (χ0) is 23.5. The maximum absolute atomic E-state index is 13.3. The van der Waals surface area contributed by atoms with Crippen LogP contribution in [-0.2, 0) is 32.7 Å². The van der Waals surface area contributed by atoms with Gasteiger partial charge in [0.15, 0.2) is 0 Å². The summed E-state index contributed by atoms with van der Waals surface area (Å²) in [5.74, 6) is -0.713. The molecule has 1 saturated heterocycles. The molecule has 0 saturated carbocycles. The highest BCUT2D eigenvalue weighted by atomic mass is 32.2.